The third-order valence-corrected chi connectivity index (χ3v) is 4.50. The monoisotopic (exact) mass is 332 g/mol. The number of hydrogen-bond donors (Lipinski definition) is 2. The van der Waals surface area contributed by atoms with Crippen LogP contribution in [0.4, 0.5) is 4.39 Å². The predicted molar refractivity (Wildman–Crippen MR) is 87.1 cm³/mol. The highest BCUT2D eigenvalue weighted by molar-refractivity contribution is 5.84. The second-order valence-electron chi connectivity index (χ2n) is 5.87. The minimum absolute atomic E-state index is 0.130. The quantitative estimate of drug-likeness (QED) is 0.869. The van der Waals surface area contributed by atoms with E-state index in [0.717, 1.165) is 13.1 Å². The van der Waals surface area contributed by atoms with Gasteiger partial charge in [0.2, 0.25) is 5.91 Å². The van der Waals surface area contributed by atoms with E-state index >= 15 is 0 Å². The van der Waals surface area contributed by atoms with Crippen LogP contribution >= 0.6 is 0 Å². The first-order chi connectivity index (χ1) is 11.7. The maximum Gasteiger partial charge on any atom is 0.248 e. The molecule has 1 aliphatic heterocycles. The van der Waals surface area contributed by atoms with Crippen molar-refractivity contribution in [2.24, 2.45) is 0 Å². The Morgan fingerprint density at radius 1 is 1.46 bits per heavy atom. The van der Waals surface area contributed by atoms with Crippen LogP contribution in [0.2, 0.25) is 0 Å². The molecule has 0 atom stereocenters. The summed E-state index contributed by atoms with van der Waals surface area (Å²) in [7, 11) is 1.49. The number of carbonyl (C=O) groups is 1. The van der Waals surface area contributed by atoms with Crippen molar-refractivity contribution in [2.45, 2.75) is 24.9 Å². The van der Waals surface area contributed by atoms with Gasteiger partial charge in [0.05, 0.1) is 7.11 Å². The van der Waals surface area contributed by atoms with Crippen molar-refractivity contribution in [3.8, 4) is 5.75 Å². The van der Waals surface area contributed by atoms with Gasteiger partial charge in [0, 0.05) is 30.6 Å². The minimum Gasteiger partial charge on any atom is -0.497 e. The van der Waals surface area contributed by atoms with E-state index in [9.17, 15) is 9.18 Å². The molecule has 7 heteroatoms. The Morgan fingerprint density at radius 3 is 2.88 bits per heavy atom. The molecule has 0 bridgehead atoms. The van der Waals surface area contributed by atoms with E-state index in [1.165, 1.54) is 13.2 Å². The Morgan fingerprint density at radius 2 is 2.25 bits per heavy atom. The summed E-state index contributed by atoms with van der Waals surface area (Å²) in [5, 5.41) is 10.4. The largest absolute Gasteiger partial charge is 0.497 e. The van der Waals surface area contributed by atoms with Crippen molar-refractivity contribution in [1.82, 2.24) is 20.4 Å². The summed E-state index contributed by atoms with van der Waals surface area (Å²) in [6.45, 7) is 1.61. The Kier molecular flexibility index (Phi) is 4.80. The van der Waals surface area contributed by atoms with E-state index in [-0.39, 0.29) is 12.5 Å². The van der Waals surface area contributed by atoms with Gasteiger partial charge in [0.25, 0.3) is 0 Å². The molecule has 1 fully saturated rings. The fraction of sp³-hybridized carbons (Fsp3) is 0.412. The summed E-state index contributed by atoms with van der Waals surface area (Å²) in [6.07, 6.45) is 4.76. The molecule has 2 heterocycles. The molecule has 2 N–H and O–H groups in total. The lowest BCUT2D eigenvalue weighted by molar-refractivity contribution is -0.132. The average Bonchev–Trinajstić information content (AvgIpc) is 3.16. The standard InChI is InChI=1S/C17H21FN4O2/c1-24-14-4-3-13(15(18)11-14)12-20-16(23)17(5-8-19-9-6-17)22-10-2-7-21-22/h2-4,7,10-11,19H,5-6,8-9,12H2,1H3,(H,20,23). The smallest absolute Gasteiger partial charge is 0.248 e. The molecule has 1 aromatic carbocycles. The highest BCUT2D eigenvalue weighted by atomic mass is 19.1. The molecule has 0 spiro atoms. The topological polar surface area (TPSA) is 68.2 Å². The van der Waals surface area contributed by atoms with E-state index in [1.807, 2.05) is 0 Å². The first-order valence-electron chi connectivity index (χ1n) is 7.97. The van der Waals surface area contributed by atoms with Crippen LogP contribution < -0.4 is 15.4 Å². The number of methoxy groups -OCH3 is 1. The number of nitrogens with one attached hydrogen (secondary N) is 2. The lowest BCUT2D eigenvalue weighted by atomic mass is 9.87. The number of carbonyl (C=O) groups excluding carboxylic acids is 1. The molecule has 3 rings (SSSR count). The van der Waals surface area contributed by atoms with Crippen molar-refractivity contribution in [3.63, 3.8) is 0 Å². The maximum atomic E-state index is 14.0. The number of hydrogen-bond acceptors (Lipinski definition) is 4. The van der Waals surface area contributed by atoms with Crippen molar-refractivity contribution in [2.75, 3.05) is 20.2 Å². The molecule has 0 radical (unpaired) electrons. The molecule has 2 aromatic rings. The zero-order chi connectivity index (χ0) is 17.0. The van der Waals surface area contributed by atoms with Gasteiger partial charge < -0.3 is 15.4 Å². The molecule has 1 saturated heterocycles. The Labute approximate surface area is 140 Å². The van der Waals surface area contributed by atoms with Gasteiger partial charge in [0.1, 0.15) is 17.1 Å². The maximum absolute atomic E-state index is 14.0. The van der Waals surface area contributed by atoms with Crippen LogP contribution in [0.1, 0.15) is 18.4 Å². The zero-order valence-corrected chi connectivity index (χ0v) is 13.6. The molecule has 1 aromatic heterocycles. The van der Waals surface area contributed by atoms with Gasteiger partial charge in [-0.3, -0.25) is 9.48 Å². The van der Waals surface area contributed by atoms with Gasteiger partial charge in [-0.2, -0.15) is 5.10 Å². The molecule has 1 aliphatic rings. The van der Waals surface area contributed by atoms with Gasteiger partial charge in [-0.05, 0) is 38.1 Å². The molecule has 0 unspecified atom stereocenters. The lowest BCUT2D eigenvalue weighted by Crippen LogP contribution is -2.54. The number of amides is 1. The van der Waals surface area contributed by atoms with E-state index in [0.29, 0.717) is 24.2 Å². The minimum atomic E-state index is -0.725. The number of halogens is 1. The van der Waals surface area contributed by atoms with Gasteiger partial charge in [-0.1, -0.05) is 6.07 Å². The van der Waals surface area contributed by atoms with Gasteiger partial charge in [-0.25, -0.2) is 4.39 Å². The summed E-state index contributed by atoms with van der Waals surface area (Å²) in [5.41, 5.74) is -0.300. The van der Waals surface area contributed by atoms with Crippen molar-refractivity contribution >= 4 is 5.91 Å². The first kappa shape index (κ1) is 16.4. The fourth-order valence-corrected chi connectivity index (χ4v) is 3.06. The Bertz CT molecular complexity index is 697. The summed E-state index contributed by atoms with van der Waals surface area (Å²) in [4.78, 5) is 12.9. The molecular weight excluding hydrogens is 311 g/mol. The second kappa shape index (κ2) is 7.00. The van der Waals surface area contributed by atoms with E-state index in [2.05, 4.69) is 15.7 Å². The Balaban J connectivity index is 1.75. The number of nitrogens with zero attached hydrogens (tertiary/aromatic N) is 2. The number of benzene rings is 1. The molecule has 0 saturated carbocycles. The van der Waals surface area contributed by atoms with Crippen LogP contribution in [-0.4, -0.2) is 35.9 Å². The van der Waals surface area contributed by atoms with E-state index < -0.39 is 11.4 Å². The third-order valence-electron chi connectivity index (χ3n) is 4.50. The first-order valence-corrected chi connectivity index (χ1v) is 7.97. The second-order valence-corrected chi connectivity index (χ2v) is 5.87. The van der Waals surface area contributed by atoms with Crippen LogP contribution in [0.5, 0.6) is 5.75 Å². The molecule has 1 amide bonds. The van der Waals surface area contributed by atoms with Crippen LogP contribution in [0.3, 0.4) is 0 Å². The average molecular weight is 332 g/mol. The van der Waals surface area contributed by atoms with Crippen LogP contribution in [0.15, 0.2) is 36.7 Å². The fourth-order valence-electron chi connectivity index (χ4n) is 3.06. The molecule has 128 valence electrons. The third kappa shape index (κ3) is 3.12. The zero-order valence-electron chi connectivity index (χ0n) is 13.6. The summed E-state index contributed by atoms with van der Waals surface area (Å²) < 4.78 is 20.7. The number of piperidine rings is 1. The van der Waals surface area contributed by atoms with Gasteiger partial charge in [0.15, 0.2) is 0 Å². The van der Waals surface area contributed by atoms with Crippen molar-refractivity contribution < 1.29 is 13.9 Å². The summed E-state index contributed by atoms with van der Waals surface area (Å²) >= 11 is 0. The SMILES string of the molecule is COc1ccc(CNC(=O)C2(n3cccn3)CCNCC2)c(F)c1. The molecule has 24 heavy (non-hydrogen) atoms. The lowest BCUT2D eigenvalue weighted by Gasteiger charge is -2.36. The van der Waals surface area contributed by atoms with Gasteiger partial charge >= 0.3 is 0 Å². The number of aromatic nitrogens is 2. The predicted octanol–water partition coefficient (Wildman–Crippen LogP) is 1.43. The summed E-state index contributed by atoms with van der Waals surface area (Å²) in [6, 6.07) is 6.42. The van der Waals surface area contributed by atoms with Crippen molar-refractivity contribution in [1.29, 1.82) is 0 Å². The normalized spacial score (nSPS) is 16.6. The van der Waals surface area contributed by atoms with Crippen LogP contribution in [0, 0.1) is 5.82 Å². The number of rotatable bonds is 5. The van der Waals surface area contributed by atoms with E-state index in [4.69, 9.17) is 4.74 Å². The molecule has 6 nitrogen and oxygen atoms in total. The van der Waals surface area contributed by atoms with Crippen molar-refractivity contribution in [3.05, 3.63) is 48.0 Å². The van der Waals surface area contributed by atoms with Crippen LogP contribution in [-0.2, 0) is 16.9 Å². The molecule has 0 aliphatic carbocycles. The van der Waals surface area contributed by atoms with E-state index in [1.54, 1.807) is 35.3 Å². The Hall–Kier alpha value is -2.41. The number of ether oxygens (including phenoxy) is 1. The highest BCUT2D eigenvalue weighted by Crippen LogP contribution is 2.27. The molecular formula is C17H21FN4O2. The highest BCUT2D eigenvalue weighted by Gasteiger charge is 2.41. The van der Waals surface area contributed by atoms with Crippen LogP contribution in [0.25, 0.3) is 0 Å². The van der Waals surface area contributed by atoms with Gasteiger partial charge in [-0.15, -0.1) is 0 Å². The summed E-state index contributed by atoms with van der Waals surface area (Å²) in [5.74, 6) is -0.0787.